The quantitative estimate of drug-likeness (QED) is 0.702. The van der Waals surface area contributed by atoms with E-state index in [0.717, 1.165) is 0 Å². The molecular formula is C17H24N6O5. The van der Waals surface area contributed by atoms with E-state index in [-0.39, 0.29) is 24.8 Å². The number of carboxylic acid groups (broad SMARTS) is 1. The van der Waals surface area contributed by atoms with Gasteiger partial charge in [0.1, 0.15) is 0 Å². The van der Waals surface area contributed by atoms with E-state index in [0.29, 0.717) is 43.3 Å². The average molecular weight is 392 g/mol. The zero-order valence-electron chi connectivity index (χ0n) is 16.1. The summed E-state index contributed by atoms with van der Waals surface area (Å²) >= 11 is 0. The Bertz CT molecular complexity index is 1030. The second-order valence-corrected chi connectivity index (χ2v) is 7.13. The van der Waals surface area contributed by atoms with Crippen molar-refractivity contribution >= 4 is 29.0 Å². The molecule has 0 bridgehead atoms. The molecule has 0 saturated carbocycles. The van der Waals surface area contributed by atoms with Gasteiger partial charge in [0, 0.05) is 45.7 Å². The first-order valence-corrected chi connectivity index (χ1v) is 9.16. The van der Waals surface area contributed by atoms with Gasteiger partial charge in [-0.2, -0.15) is 4.98 Å². The molecule has 1 amide bonds. The molecule has 0 atom stereocenters. The fourth-order valence-electron chi connectivity index (χ4n) is 3.43. The van der Waals surface area contributed by atoms with Gasteiger partial charge in [-0.1, -0.05) is 0 Å². The van der Waals surface area contributed by atoms with Crippen molar-refractivity contribution in [1.29, 1.82) is 0 Å². The fraction of sp³-hybridized carbons (Fsp3) is 0.588. The van der Waals surface area contributed by atoms with Crippen LogP contribution in [-0.4, -0.2) is 67.2 Å². The molecule has 0 aromatic carbocycles. The molecule has 11 heteroatoms. The van der Waals surface area contributed by atoms with Gasteiger partial charge in [-0.25, -0.2) is 4.79 Å². The van der Waals surface area contributed by atoms with E-state index in [1.54, 1.807) is 16.5 Å². The van der Waals surface area contributed by atoms with Crippen molar-refractivity contribution in [3.05, 3.63) is 20.8 Å². The first-order valence-electron chi connectivity index (χ1n) is 9.16. The van der Waals surface area contributed by atoms with Gasteiger partial charge in [0.2, 0.25) is 11.9 Å². The Morgan fingerprint density at radius 1 is 1.14 bits per heavy atom. The summed E-state index contributed by atoms with van der Waals surface area (Å²) < 4.78 is 3.11. The number of aliphatic carboxylic acids is 1. The van der Waals surface area contributed by atoms with Crippen LogP contribution in [0.3, 0.4) is 0 Å². The molecule has 0 aliphatic carbocycles. The van der Waals surface area contributed by atoms with Crippen molar-refractivity contribution in [3.63, 3.8) is 0 Å². The number of hydrogen-bond acceptors (Lipinski definition) is 6. The zero-order valence-corrected chi connectivity index (χ0v) is 16.1. The highest BCUT2D eigenvalue weighted by molar-refractivity contribution is 5.81. The minimum atomic E-state index is -0.992. The first kappa shape index (κ1) is 19.6. The number of hydrogen-bond donors (Lipinski definition) is 2. The van der Waals surface area contributed by atoms with Crippen molar-refractivity contribution in [3.8, 4) is 0 Å². The Kier molecular flexibility index (Phi) is 5.25. The lowest BCUT2D eigenvalue weighted by Crippen LogP contribution is -2.49. The molecule has 2 aromatic heterocycles. The van der Waals surface area contributed by atoms with Crippen molar-refractivity contribution in [2.75, 3.05) is 31.1 Å². The number of amides is 1. The van der Waals surface area contributed by atoms with Crippen molar-refractivity contribution in [2.45, 2.75) is 32.7 Å². The summed E-state index contributed by atoms with van der Waals surface area (Å²) in [7, 11) is 1.56. The van der Waals surface area contributed by atoms with E-state index < -0.39 is 17.2 Å². The normalized spacial score (nSPS) is 14.9. The molecule has 152 valence electrons. The van der Waals surface area contributed by atoms with Gasteiger partial charge in [-0.05, 0) is 13.8 Å². The number of aromatic amines is 1. The van der Waals surface area contributed by atoms with Gasteiger partial charge in [-0.3, -0.25) is 23.9 Å². The molecule has 2 N–H and O–H groups in total. The molecule has 0 radical (unpaired) electrons. The number of fused-ring (bicyclic) bond motifs is 1. The standard InChI is InChI=1S/C17H24N6O5/c1-10(2)23-13-14(20(3)17(28)19-15(13)27)18-16(23)22-8-6-21(7-9-22)11(24)4-5-12(25)26/h10H,4-9H2,1-3H3,(H,25,26)(H,19,27,28). The number of aromatic nitrogens is 4. The lowest BCUT2D eigenvalue weighted by atomic mass is 10.2. The second-order valence-electron chi connectivity index (χ2n) is 7.13. The highest BCUT2D eigenvalue weighted by Gasteiger charge is 2.27. The molecule has 3 rings (SSSR count). The Morgan fingerprint density at radius 2 is 1.79 bits per heavy atom. The van der Waals surface area contributed by atoms with Crippen LogP contribution >= 0.6 is 0 Å². The monoisotopic (exact) mass is 392 g/mol. The zero-order chi connectivity index (χ0) is 20.6. The molecule has 1 aliphatic rings. The predicted octanol–water partition coefficient (Wildman–Crippen LogP) is -0.482. The van der Waals surface area contributed by atoms with Gasteiger partial charge in [0.15, 0.2) is 11.2 Å². The number of aryl methyl sites for hydroxylation is 1. The summed E-state index contributed by atoms with van der Waals surface area (Å²) in [5, 5.41) is 8.73. The maximum absolute atomic E-state index is 12.4. The van der Waals surface area contributed by atoms with Crippen LogP contribution in [-0.2, 0) is 16.6 Å². The summed E-state index contributed by atoms with van der Waals surface area (Å²) in [4.78, 5) is 57.6. The molecule has 28 heavy (non-hydrogen) atoms. The summed E-state index contributed by atoms with van der Waals surface area (Å²) in [6.45, 7) is 5.74. The third-order valence-electron chi connectivity index (χ3n) is 4.92. The number of carbonyl (C=O) groups excluding carboxylic acids is 1. The van der Waals surface area contributed by atoms with E-state index >= 15 is 0 Å². The first-order chi connectivity index (χ1) is 13.2. The SMILES string of the molecule is CC(C)n1c(N2CCN(C(=O)CCC(=O)O)CC2)nc2c1c(=O)[nH]c(=O)n2C. The van der Waals surface area contributed by atoms with E-state index in [4.69, 9.17) is 5.11 Å². The number of imidazole rings is 1. The molecular weight excluding hydrogens is 368 g/mol. The maximum Gasteiger partial charge on any atom is 0.329 e. The van der Waals surface area contributed by atoms with E-state index in [9.17, 15) is 19.2 Å². The van der Waals surface area contributed by atoms with E-state index in [1.165, 1.54) is 4.57 Å². The number of H-pyrrole nitrogens is 1. The smallest absolute Gasteiger partial charge is 0.329 e. The average Bonchev–Trinajstić information content (AvgIpc) is 3.06. The van der Waals surface area contributed by atoms with Crippen molar-refractivity contribution in [1.82, 2.24) is 24.0 Å². The van der Waals surface area contributed by atoms with Crippen LogP contribution in [0.2, 0.25) is 0 Å². The van der Waals surface area contributed by atoms with Gasteiger partial charge in [0.05, 0.1) is 6.42 Å². The minimum Gasteiger partial charge on any atom is -0.481 e. The van der Waals surface area contributed by atoms with Gasteiger partial charge in [-0.15, -0.1) is 0 Å². The Labute approximate surface area is 160 Å². The molecule has 0 spiro atoms. The Hall–Kier alpha value is -3.11. The van der Waals surface area contributed by atoms with Crippen LogP contribution in [0, 0.1) is 0 Å². The number of piperazine rings is 1. The van der Waals surface area contributed by atoms with Crippen LogP contribution in [0.15, 0.2) is 9.59 Å². The summed E-state index contributed by atoms with van der Waals surface area (Å²) in [6.07, 6.45) is -0.198. The molecule has 3 heterocycles. The number of nitrogens with one attached hydrogen (secondary N) is 1. The number of rotatable bonds is 5. The van der Waals surface area contributed by atoms with Gasteiger partial charge >= 0.3 is 11.7 Å². The number of carbonyl (C=O) groups is 2. The largest absolute Gasteiger partial charge is 0.481 e. The lowest BCUT2D eigenvalue weighted by molar-refractivity contribution is -0.141. The van der Waals surface area contributed by atoms with Crippen molar-refractivity contribution in [2.24, 2.45) is 7.05 Å². The molecule has 2 aromatic rings. The van der Waals surface area contributed by atoms with E-state index in [1.807, 2.05) is 18.7 Å². The summed E-state index contributed by atoms with van der Waals surface area (Å²) in [6, 6.07) is -0.0613. The fourth-order valence-corrected chi connectivity index (χ4v) is 3.43. The number of carboxylic acids is 1. The highest BCUT2D eigenvalue weighted by Crippen LogP contribution is 2.25. The van der Waals surface area contributed by atoms with Crippen LogP contribution < -0.4 is 16.1 Å². The number of nitrogens with zero attached hydrogens (tertiary/aromatic N) is 5. The van der Waals surface area contributed by atoms with Gasteiger partial charge < -0.3 is 19.5 Å². The van der Waals surface area contributed by atoms with E-state index in [2.05, 4.69) is 9.97 Å². The Balaban J connectivity index is 1.88. The minimum absolute atomic E-state index is 0.0165. The second kappa shape index (κ2) is 7.49. The molecule has 1 saturated heterocycles. The number of anilines is 1. The van der Waals surface area contributed by atoms with Crippen LogP contribution in [0.25, 0.3) is 11.2 Å². The highest BCUT2D eigenvalue weighted by atomic mass is 16.4. The predicted molar refractivity (Wildman–Crippen MR) is 102 cm³/mol. The summed E-state index contributed by atoms with van der Waals surface area (Å²) in [5.74, 6) is -0.596. The molecule has 1 aliphatic heterocycles. The topological polar surface area (TPSA) is 134 Å². The third kappa shape index (κ3) is 3.51. The molecule has 0 unspecified atom stereocenters. The van der Waals surface area contributed by atoms with Crippen LogP contribution in [0.5, 0.6) is 0 Å². The summed E-state index contributed by atoms with van der Waals surface area (Å²) in [5.41, 5.74) is -0.344. The van der Waals surface area contributed by atoms with Crippen LogP contribution in [0.4, 0.5) is 5.95 Å². The van der Waals surface area contributed by atoms with Crippen molar-refractivity contribution < 1.29 is 14.7 Å². The molecule has 1 fully saturated rings. The van der Waals surface area contributed by atoms with Gasteiger partial charge in [0.25, 0.3) is 5.56 Å². The Morgan fingerprint density at radius 3 is 2.36 bits per heavy atom. The molecule has 11 nitrogen and oxygen atoms in total. The lowest BCUT2D eigenvalue weighted by Gasteiger charge is -2.35. The van der Waals surface area contributed by atoms with Crippen LogP contribution in [0.1, 0.15) is 32.7 Å². The third-order valence-corrected chi connectivity index (χ3v) is 4.92. The maximum atomic E-state index is 12.4.